The molecule has 0 aliphatic rings. The van der Waals surface area contributed by atoms with Gasteiger partial charge in [0.1, 0.15) is 0 Å². The van der Waals surface area contributed by atoms with Gasteiger partial charge in [-0.1, -0.05) is 24.2 Å². The SMILES string of the molecule is CCc1noc(-c2ccc(CCN=C(N(C)C)N(C)C)cc2)n1. The number of hydrogen-bond donors (Lipinski definition) is 0. The van der Waals surface area contributed by atoms with Gasteiger partial charge in [-0.15, -0.1) is 0 Å². The first-order valence-electron chi connectivity index (χ1n) is 7.82. The second kappa shape index (κ2) is 7.76. The van der Waals surface area contributed by atoms with Crippen molar-refractivity contribution in [3.05, 3.63) is 35.7 Å². The predicted molar refractivity (Wildman–Crippen MR) is 92.5 cm³/mol. The van der Waals surface area contributed by atoms with E-state index in [-0.39, 0.29) is 0 Å². The van der Waals surface area contributed by atoms with Crippen LogP contribution in [0.5, 0.6) is 0 Å². The van der Waals surface area contributed by atoms with Gasteiger partial charge in [0.15, 0.2) is 11.8 Å². The minimum absolute atomic E-state index is 0.578. The Labute approximate surface area is 137 Å². The van der Waals surface area contributed by atoms with Crippen molar-refractivity contribution in [1.82, 2.24) is 19.9 Å². The minimum Gasteiger partial charge on any atom is -0.349 e. The molecule has 0 bridgehead atoms. The molecule has 0 spiro atoms. The van der Waals surface area contributed by atoms with Crippen LogP contribution in [0, 0.1) is 0 Å². The summed E-state index contributed by atoms with van der Waals surface area (Å²) in [6.45, 7) is 2.76. The molecule has 1 aromatic carbocycles. The highest BCUT2D eigenvalue weighted by Gasteiger charge is 2.07. The molecule has 0 saturated carbocycles. The van der Waals surface area contributed by atoms with Crippen molar-refractivity contribution in [3.63, 3.8) is 0 Å². The van der Waals surface area contributed by atoms with Crippen molar-refractivity contribution in [3.8, 4) is 11.5 Å². The number of guanidine groups is 1. The van der Waals surface area contributed by atoms with E-state index in [0.29, 0.717) is 5.89 Å². The molecule has 2 aromatic rings. The third-order valence-corrected chi connectivity index (χ3v) is 3.44. The Morgan fingerprint density at radius 1 is 1.09 bits per heavy atom. The van der Waals surface area contributed by atoms with Crippen LogP contribution in [0.4, 0.5) is 0 Å². The quantitative estimate of drug-likeness (QED) is 0.626. The maximum absolute atomic E-state index is 5.25. The van der Waals surface area contributed by atoms with Gasteiger partial charge in [-0.05, 0) is 24.1 Å². The molecular formula is C17H25N5O. The summed E-state index contributed by atoms with van der Waals surface area (Å²) >= 11 is 0. The van der Waals surface area contributed by atoms with E-state index in [9.17, 15) is 0 Å². The van der Waals surface area contributed by atoms with E-state index in [2.05, 4.69) is 27.3 Å². The Hall–Kier alpha value is -2.37. The number of hydrogen-bond acceptors (Lipinski definition) is 4. The molecule has 0 N–H and O–H groups in total. The highest BCUT2D eigenvalue weighted by atomic mass is 16.5. The first-order chi connectivity index (χ1) is 11.0. The van der Waals surface area contributed by atoms with Crippen LogP contribution in [0.1, 0.15) is 18.3 Å². The summed E-state index contributed by atoms with van der Waals surface area (Å²) in [6.07, 6.45) is 1.68. The lowest BCUT2D eigenvalue weighted by Gasteiger charge is -2.22. The van der Waals surface area contributed by atoms with Crippen LogP contribution in [-0.4, -0.2) is 60.6 Å². The summed E-state index contributed by atoms with van der Waals surface area (Å²) in [7, 11) is 8.01. The van der Waals surface area contributed by atoms with Crippen molar-refractivity contribution >= 4 is 5.96 Å². The van der Waals surface area contributed by atoms with Crippen LogP contribution in [-0.2, 0) is 12.8 Å². The molecule has 2 rings (SSSR count). The fourth-order valence-corrected chi connectivity index (χ4v) is 2.30. The first kappa shape index (κ1) is 17.0. The number of aliphatic imine (C=N–C) groups is 1. The van der Waals surface area contributed by atoms with Crippen molar-refractivity contribution in [2.75, 3.05) is 34.7 Å². The second-order valence-electron chi connectivity index (χ2n) is 5.79. The zero-order valence-corrected chi connectivity index (χ0v) is 14.6. The number of aryl methyl sites for hydroxylation is 1. The molecule has 0 unspecified atom stereocenters. The Bertz CT molecular complexity index is 633. The Balaban J connectivity index is 1.99. The van der Waals surface area contributed by atoms with Gasteiger partial charge in [-0.3, -0.25) is 4.99 Å². The van der Waals surface area contributed by atoms with E-state index in [0.717, 1.165) is 36.7 Å². The summed E-state index contributed by atoms with van der Waals surface area (Å²) < 4.78 is 5.25. The predicted octanol–water partition coefficient (Wildman–Crippen LogP) is 2.32. The molecule has 0 saturated heterocycles. The zero-order chi connectivity index (χ0) is 16.8. The van der Waals surface area contributed by atoms with Crippen LogP contribution in [0.25, 0.3) is 11.5 Å². The molecule has 0 fully saturated rings. The largest absolute Gasteiger partial charge is 0.349 e. The van der Waals surface area contributed by atoms with Crippen LogP contribution < -0.4 is 0 Å². The van der Waals surface area contributed by atoms with Gasteiger partial charge in [-0.25, -0.2) is 0 Å². The summed E-state index contributed by atoms with van der Waals surface area (Å²) in [5, 5.41) is 3.92. The maximum Gasteiger partial charge on any atom is 0.257 e. The summed E-state index contributed by atoms with van der Waals surface area (Å²) in [5.41, 5.74) is 2.19. The van der Waals surface area contributed by atoms with Crippen LogP contribution in [0.2, 0.25) is 0 Å². The van der Waals surface area contributed by atoms with Crippen molar-refractivity contribution in [2.45, 2.75) is 19.8 Å². The molecule has 0 amide bonds. The first-order valence-corrected chi connectivity index (χ1v) is 7.82. The molecule has 0 aliphatic heterocycles. The van der Waals surface area contributed by atoms with Gasteiger partial charge < -0.3 is 14.3 Å². The Morgan fingerprint density at radius 2 is 1.74 bits per heavy atom. The van der Waals surface area contributed by atoms with Crippen LogP contribution in [0.3, 0.4) is 0 Å². The minimum atomic E-state index is 0.578. The molecular weight excluding hydrogens is 290 g/mol. The number of rotatable bonds is 5. The zero-order valence-electron chi connectivity index (χ0n) is 14.6. The Kier molecular flexibility index (Phi) is 5.73. The van der Waals surface area contributed by atoms with Crippen molar-refractivity contribution in [1.29, 1.82) is 0 Å². The fourth-order valence-electron chi connectivity index (χ4n) is 2.30. The maximum atomic E-state index is 5.25. The smallest absolute Gasteiger partial charge is 0.257 e. The van der Waals surface area contributed by atoms with E-state index in [1.165, 1.54) is 5.56 Å². The fraction of sp³-hybridized carbons (Fsp3) is 0.471. The van der Waals surface area contributed by atoms with Gasteiger partial charge >= 0.3 is 0 Å². The molecule has 124 valence electrons. The monoisotopic (exact) mass is 315 g/mol. The number of benzene rings is 1. The van der Waals surface area contributed by atoms with E-state index in [4.69, 9.17) is 4.52 Å². The molecule has 23 heavy (non-hydrogen) atoms. The second-order valence-corrected chi connectivity index (χ2v) is 5.79. The molecule has 6 nitrogen and oxygen atoms in total. The molecule has 6 heteroatoms. The number of aromatic nitrogens is 2. The molecule has 0 atom stereocenters. The lowest BCUT2D eigenvalue weighted by atomic mass is 10.1. The highest BCUT2D eigenvalue weighted by molar-refractivity contribution is 5.79. The van der Waals surface area contributed by atoms with Crippen molar-refractivity contribution in [2.24, 2.45) is 4.99 Å². The summed E-state index contributed by atoms with van der Waals surface area (Å²) in [6, 6.07) is 8.22. The van der Waals surface area contributed by atoms with Gasteiger partial charge in [0.2, 0.25) is 0 Å². The third-order valence-electron chi connectivity index (χ3n) is 3.44. The lowest BCUT2D eigenvalue weighted by Crippen LogP contribution is -2.35. The molecule has 1 aromatic heterocycles. The topological polar surface area (TPSA) is 57.8 Å². The number of nitrogens with zero attached hydrogens (tertiary/aromatic N) is 5. The van der Waals surface area contributed by atoms with Gasteiger partial charge in [0, 0.05) is 46.7 Å². The summed E-state index contributed by atoms with van der Waals surface area (Å²) in [5.74, 6) is 2.28. The normalized spacial score (nSPS) is 10.5. The molecule has 0 radical (unpaired) electrons. The summed E-state index contributed by atoms with van der Waals surface area (Å²) in [4.78, 5) is 13.0. The van der Waals surface area contributed by atoms with Gasteiger partial charge in [0.05, 0.1) is 0 Å². The standard InChI is InChI=1S/C17H25N5O/c1-6-15-19-16(23-20-15)14-9-7-13(8-10-14)11-12-18-17(21(2)3)22(4)5/h7-10H,6,11-12H2,1-5H3. The van der Waals surface area contributed by atoms with Crippen molar-refractivity contribution < 1.29 is 4.52 Å². The molecule has 0 aliphatic carbocycles. The van der Waals surface area contributed by atoms with Crippen LogP contribution >= 0.6 is 0 Å². The van der Waals surface area contributed by atoms with Gasteiger partial charge in [0.25, 0.3) is 5.89 Å². The average Bonchev–Trinajstić information content (AvgIpc) is 3.00. The highest BCUT2D eigenvalue weighted by Crippen LogP contribution is 2.18. The van der Waals surface area contributed by atoms with E-state index in [1.54, 1.807) is 0 Å². The Morgan fingerprint density at radius 3 is 2.26 bits per heavy atom. The lowest BCUT2D eigenvalue weighted by molar-refractivity contribution is 0.423. The third kappa shape index (κ3) is 4.55. The average molecular weight is 315 g/mol. The van der Waals surface area contributed by atoms with E-state index in [1.807, 2.05) is 57.0 Å². The van der Waals surface area contributed by atoms with E-state index < -0.39 is 0 Å². The van der Waals surface area contributed by atoms with Gasteiger partial charge in [-0.2, -0.15) is 4.98 Å². The molecule has 1 heterocycles. The van der Waals surface area contributed by atoms with Crippen LogP contribution in [0.15, 0.2) is 33.8 Å². The van der Waals surface area contributed by atoms with E-state index >= 15 is 0 Å².